The van der Waals surface area contributed by atoms with Gasteiger partial charge in [-0.3, -0.25) is 0 Å². The molecular formula is C6H14N2O. The quantitative estimate of drug-likeness (QED) is 0.423. The minimum absolute atomic E-state index is 0.236. The van der Waals surface area contributed by atoms with Crippen LogP contribution in [-0.4, -0.2) is 36.9 Å². The van der Waals surface area contributed by atoms with E-state index in [1.807, 2.05) is 0 Å². The van der Waals surface area contributed by atoms with E-state index in [4.69, 9.17) is 5.11 Å². The van der Waals surface area contributed by atoms with Gasteiger partial charge >= 0.3 is 0 Å². The van der Waals surface area contributed by atoms with Crippen molar-refractivity contribution < 1.29 is 5.11 Å². The summed E-state index contributed by atoms with van der Waals surface area (Å²) in [5.41, 5.74) is 0. The number of piperazine rings is 1. The van der Waals surface area contributed by atoms with Gasteiger partial charge in [-0.2, -0.15) is 0 Å². The summed E-state index contributed by atoms with van der Waals surface area (Å²) in [7, 11) is 0. The Labute approximate surface area is 55.5 Å². The monoisotopic (exact) mass is 130 g/mol. The average molecular weight is 130 g/mol. The topological polar surface area (TPSA) is 44.3 Å². The van der Waals surface area contributed by atoms with E-state index in [9.17, 15) is 0 Å². The fraction of sp³-hybridized carbons (Fsp3) is 1.00. The van der Waals surface area contributed by atoms with E-state index in [1.165, 1.54) is 0 Å². The van der Waals surface area contributed by atoms with Crippen molar-refractivity contribution in [2.75, 3.05) is 19.7 Å². The molecule has 0 spiro atoms. The predicted octanol–water partition coefficient (Wildman–Crippen LogP) is -1.07. The first-order chi connectivity index (χ1) is 4.33. The Bertz CT molecular complexity index is 79.1. The number of nitrogens with one attached hydrogen (secondary N) is 2. The van der Waals surface area contributed by atoms with Crippen molar-refractivity contribution in [3.63, 3.8) is 0 Å². The van der Waals surface area contributed by atoms with E-state index < -0.39 is 0 Å². The lowest BCUT2D eigenvalue weighted by Crippen LogP contribution is -2.54. The lowest BCUT2D eigenvalue weighted by atomic mass is 10.2. The number of hydrogen-bond donors (Lipinski definition) is 3. The van der Waals surface area contributed by atoms with Crippen molar-refractivity contribution in [1.82, 2.24) is 10.6 Å². The Morgan fingerprint density at radius 2 is 2.22 bits per heavy atom. The molecule has 0 radical (unpaired) electrons. The van der Waals surface area contributed by atoms with Gasteiger partial charge in [-0.1, -0.05) is 0 Å². The maximum atomic E-state index is 8.67. The molecular weight excluding hydrogens is 116 g/mol. The van der Waals surface area contributed by atoms with Crippen molar-refractivity contribution >= 4 is 0 Å². The Balaban J connectivity index is 2.18. The van der Waals surface area contributed by atoms with Crippen LogP contribution in [0.4, 0.5) is 0 Å². The lowest BCUT2D eigenvalue weighted by molar-refractivity contribution is 0.216. The Hall–Kier alpha value is -0.120. The maximum absolute atomic E-state index is 8.67. The molecule has 1 aliphatic rings. The summed E-state index contributed by atoms with van der Waals surface area (Å²) in [5, 5.41) is 15.1. The maximum Gasteiger partial charge on any atom is 0.0597 e. The van der Waals surface area contributed by atoms with Gasteiger partial charge in [-0.15, -0.1) is 0 Å². The zero-order valence-corrected chi connectivity index (χ0v) is 5.72. The SMILES string of the molecule is CC1CN[C@H](CO)CN1. The molecule has 0 aromatic heterocycles. The van der Waals surface area contributed by atoms with E-state index >= 15 is 0 Å². The minimum Gasteiger partial charge on any atom is -0.395 e. The van der Waals surface area contributed by atoms with Gasteiger partial charge in [-0.05, 0) is 6.92 Å². The van der Waals surface area contributed by atoms with E-state index in [1.54, 1.807) is 0 Å². The fourth-order valence-electron chi connectivity index (χ4n) is 0.960. The number of hydrogen-bond acceptors (Lipinski definition) is 3. The van der Waals surface area contributed by atoms with Crippen LogP contribution in [0, 0.1) is 0 Å². The van der Waals surface area contributed by atoms with Crippen LogP contribution in [0.15, 0.2) is 0 Å². The third-order valence-electron chi connectivity index (χ3n) is 1.65. The zero-order chi connectivity index (χ0) is 6.69. The molecule has 0 bridgehead atoms. The molecule has 0 aliphatic carbocycles. The number of aliphatic hydroxyl groups excluding tert-OH is 1. The van der Waals surface area contributed by atoms with Crippen LogP contribution >= 0.6 is 0 Å². The molecule has 54 valence electrons. The summed E-state index contributed by atoms with van der Waals surface area (Å²) in [6.45, 7) is 4.21. The highest BCUT2D eigenvalue weighted by Crippen LogP contribution is 1.90. The first kappa shape index (κ1) is 6.99. The second kappa shape index (κ2) is 3.15. The van der Waals surface area contributed by atoms with Gasteiger partial charge in [-0.25, -0.2) is 0 Å². The van der Waals surface area contributed by atoms with Crippen LogP contribution in [-0.2, 0) is 0 Å². The summed E-state index contributed by atoms with van der Waals surface area (Å²) in [4.78, 5) is 0. The number of aliphatic hydroxyl groups is 1. The van der Waals surface area contributed by atoms with E-state index in [2.05, 4.69) is 17.6 Å². The standard InChI is InChI=1S/C6H14N2O/c1-5-2-8-6(4-9)3-7-5/h5-9H,2-4H2,1H3/t5?,6-/m0/s1. The van der Waals surface area contributed by atoms with Crippen LogP contribution in [0.25, 0.3) is 0 Å². The smallest absolute Gasteiger partial charge is 0.0597 e. The van der Waals surface area contributed by atoms with Gasteiger partial charge in [0.2, 0.25) is 0 Å². The Kier molecular flexibility index (Phi) is 2.45. The van der Waals surface area contributed by atoms with E-state index in [0.717, 1.165) is 13.1 Å². The largest absolute Gasteiger partial charge is 0.395 e. The summed E-state index contributed by atoms with van der Waals surface area (Å²) in [5.74, 6) is 0. The first-order valence-corrected chi connectivity index (χ1v) is 3.40. The first-order valence-electron chi connectivity index (χ1n) is 3.40. The number of rotatable bonds is 1. The van der Waals surface area contributed by atoms with Crippen LogP contribution in [0.1, 0.15) is 6.92 Å². The van der Waals surface area contributed by atoms with Crippen molar-refractivity contribution in [2.24, 2.45) is 0 Å². The summed E-state index contributed by atoms with van der Waals surface area (Å²) in [6, 6.07) is 0.814. The second-order valence-electron chi connectivity index (χ2n) is 2.60. The van der Waals surface area contributed by atoms with Gasteiger partial charge in [0.1, 0.15) is 0 Å². The molecule has 1 saturated heterocycles. The van der Waals surface area contributed by atoms with Gasteiger partial charge in [0.25, 0.3) is 0 Å². The third-order valence-corrected chi connectivity index (χ3v) is 1.65. The van der Waals surface area contributed by atoms with Crippen LogP contribution < -0.4 is 10.6 Å². The summed E-state index contributed by atoms with van der Waals surface area (Å²) < 4.78 is 0. The van der Waals surface area contributed by atoms with Gasteiger partial charge in [0.15, 0.2) is 0 Å². The molecule has 1 heterocycles. The van der Waals surface area contributed by atoms with Crippen molar-refractivity contribution in [2.45, 2.75) is 19.0 Å². The molecule has 0 amide bonds. The fourth-order valence-corrected chi connectivity index (χ4v) is 0.960. The molecule has 3 heteroatoms. The lowest BCUT2D eigenvalue weighted by Gasteiger charge is -2.27. The molecule has 1 unspecified atom stereocenters. The third kappa shape index (κ3) is 1.93. The van der Waals surface area contributed by atoms with Gasteiger partial charge in [0.05, 0.1) is 6.61 Å². The summed E-state index contributed by atoms with van der Waals surface area (Å²) >= 11 is 0. The molecule has 0 aromatic rings. The van der Waals surface area contributed by atoms with Gasteiger partial charge in [0, 0.05) is 25.2 Å². The highest BCUT2D eigenvalue weighted by molar-refractivity contribution is 4.79. The van der Waals surface area contributed by atoms with Crippen LogP contribution in [0.3, 0.4) is 0 Å². The van der Waals surface area contributed by atoms with Crippen molar-refractivity contribution in [1.29, 1.82) is 0 Å². The highest BCUT2D eigenvalue weighted by atomic mass is 16.3. The van der Waals surface area contributed by atoms with Gasteiger partial charge < -0.3 is 15.7 Å². The molecule has 1 fully saturated rings. The van der Waals surface area contributed by atoms with Crippen molar-refractivity contribution in [3.8, 4) is 0 Å². The Morgan fingerprint density at radius 3 is 2.67 bits per heavy atom. The molecule has 9 heavy (non-hydrogen) atoms. The molecule has 0 saturated carbocycles. The minimum atomic E-state index is 0.236. The highest BCUT2D eigenvalue weighted by Gasteiger charge is 2.14. The molecule has 0 aromatic carbocycles. The van der Waals surface area contributed by atoms with E-state index in [-0.39, 0.29) is 12.6 Å². The van der Waals surface area contributed by atoms with E-state index in [0.29, 0.717) is 6.04 Å². The predicted molar refractivity (Wildman–Crippen MR) is 36.3 cm³/mol. The average Bonchev–Trinajstić information content (AvgIpc) is 1.90. The molecule has 3 nitrogen and oxygen atoms in total. The summed E-state index contributed by atoms with van der Waals surface area (Å²) in [6.07, 6.45) is 0. The second-order valence-corrected chi connectivity index (χ2v) is 2.60. The zero-order valence-electron chi connectivity index (χ0n) is 5.72. The molecule has 1 aliphatic heterocycles. The van der Waals surface area contributed by atoms with Crippen molar-refractivity contribution in [3.05, 3.63) is 0 Å². The molecule has 1 rings (SSSR count). The normalized spacial score (nSPS) is 36.7. The van der Waals surface area contributed by atoms with Crippen LogP contribution in [0.5, 0.6) is 0 Å². The molecule has 3 N–H and O–H groups in total. The molecule has 2 atom stereocenters. The Morgan fingerprint density at radius 1 is 1.44 bits per heavy atom. The van der Waals surface area contributed by atoms with Crippen LogP contribution in [0.2, 0.25) is 0 Å².